The van der Waals surface area contributed by atoms with Crippen LogP contribution < -0.4 is 0 Å². The minimum absolute atomic E-state index is 0.619. The van der Waals surface area contributed by atoms with Gasteiger partial charge in [0.05, 0.1) is 0 Å². The maximum Gasteiger partial charge on any atom is 0.0247 e. The van der Waals surface area contributed by atoms with Crippen LogP contribution in [0.4, 0.5) is 0 Å². The van der Waals surface area contributed by atoms with Crippen LogP contribution in [0.1, 0.15) is 59.3 Å². The molecule has 1 aliphatic carbocycles. The summed E-state index contributed by atoms with van der Waals surface area (Å²) < 4.78 is 0. The van der Waals surface area contributed by atoms with E-state index in [-0.39, 0.29) is 0 Å². The van der Waals surface area contributed by atoms with Crippen molar-refractivity contribution in [3.8, 4) is 0 Å². The van der Waals surface area contributed by atoms with Crippen molar-refractivity contribution < 1.29 is 0 Å². The molecule has 1 saturated carbocycles. The van der Waals surface area contributed by atoms with E-state index in [1.54, 1.807) is 0 Å². The maximum atomic E-state index is 2.88. The first-order valence-electron chi connectivity index (χ1n) is 8.55. The van der Waals surface area contributed by atoms with Crippen LogP contribution in [0.5, 0.6) is 0 Å². The van der Waals surface area contributed by atoms with E-state index < -0.39 is 0 Å². The van der Waals surface area contributed by atoms with Crippen molar-refractivity contribution in [1.29, 1.82) is 0 Å². The number of fused-ring (bicyclic) bond motifs is 1. The number of piperazine rings is 1. The van der Waals surface area contributed by atoms with Gasteiger partial charge >= 0.3 is 0 Å². The Bertz CT molecular complexity index is 306. The molecule has 2 saturated heterocycles. The Labute approximate surface area is 119 Å². The molecule has 19 heavy (non-hydrogen) atoms. The van der Waals surface area contributed by atoms with Gasteiger partial charge in [0.2, 0.25) is 0 Å². The SMILES string of the molecule is CC(C)C1CN2CCCC2CN1CC1(C)CCCC1. The molecule has 0 N–H and O–H groups in total. The molecular formula is C17H32N2. The van der Waals surface area contributed by atoms with Crippen molar-refractivity contribution in [3.63, 3.8) is 0 Å². The average Bonchev–Trinajstić information content (AvgIpc) is 2.96. The third kappa shape index (κ3) is 2.85. The van der Waals surface area contributed by atoms with Crippen molar-refractivity contribution in [1.82, 2.24) is 9.80 Å². The Morgan fingerprint density at radius 2 is 1.84 bits per heavy atom. The molecule has 0 spiro atoms. The molecule has 0 amide bonds. The van der Waals surface area contributed by atoms with Gasteiger partial charge in [-0.05, 0) is 43.6 Å². The quantitative estimate of drug-likeness (QED) is 0.771. The number of nitrogens with zero attached hydrogens (tertiary/aromatic N) is 2. The molecule has 110 valence electrons. The summed E-state index contributed by atoms with van der Waals surface area (Å²) in [7, 11) is 0. The highest BCUT2D eigenvalue weighted by Gasteiger charge is 2.40. The molecule has 2 aliphatic heterocycles. The van der Waals surface area contributed by atoms with Gasteiger partial charge in [0.15, 0.2) is 0 Å². The topological polar surface area (TPSA) is 6.48 Å². The third-order valence-electron chi connectivity index (χ3n) is 6.00. The molecule has 2 heterocycles. The number of rotatable bonds is 3. The van der Waals surface area contributed by atoms with Gasteiger partial charge in [-0.1, -0.05) is 33.6 Å². The van der Waals surface area contributed by atoms with Crippen LogP contribution in [-0.2, 0) is 0 Å². The van der Waals surface area contributed by atoms with Gasteiger partial charge in [0.25, 0.3) is 0 Å². The highest BCUT2D eigenvalue weighted by Crippen LogP contribution is 2.40. The predicted molar refractivity (Wildman–Crippen MR) is 81.4 cm³/mol. The van der Waals surface area contributed by atoms with E-state index in [9.17, 15) is 0 Å². The molecule has 2 unspecified atom stereocenters. The Morgan fingerprint density at radius 1 is 1.11 bits per heavy atom. The molecule has 3 fully saturated rings. The van der Waals surface area contributed by atoms with Crippen LogP contribution in [0.15, 0.2) is 0 Å². The lowest BCUT2D eigenvalue weighted by molar-refractivity contribution is 0.00470. The van der Waals surface area contributed by atoms with Crippen LogP contribution in [0, 0.1) is 11.3 Å². The fourth-order valence-electron chi connectivity index (χ4n) is 4.80. The van der Waals surface area contributed by atoms with E-state index in [0.29, 0.717) is 5.41 Å². The van der Waals surface area contributed by atoms with E-state index in [1.807, 2.05) is 0 Å². The summed E-state index contributed by atoms with van der Waals surface area (Å²) in [6.45, 7) is 12.8. The highest BCUT2D eigenvalue weighted by atomic mass is 15.3. The van der Waals surface area contributed by atoms with Crippen molar-refractivity contribution in [3.05, 3.63) is 0 Å². The molecule has 3 rings (SSSR count). The second-order valence-electron chi connectivity index (χ2n) is 8.05. The van der Waals surface area contributed by atoms with Gasteiger partial charge in [0, 0.05) is 31.7 Å². The van der Waals surface area contributed by atoms with Crippen LogP contribution in [0.3, 0.4) is 0 Å². The van der Waals surface area contributed by atoms with E-state index in [2.05, 4.69) is 30.6 Å². The summed E-state index contributed by atoms with van der Waals surface area (Å²) >= 11 is 0. The first kappa shape index (κ1) is 13.9. The first-order chi connectivity index (χ1) is 9.07. The standard InChI is InChI=1S/C17H32N2/c1-14(2)16-12-18-10-6-7-15(18)11-19(16)13-17(3)8-4-5-9-17/h14-16H,4-13H2,1-3H3. The molecule has 3 aliphatic rings. The molecule has 0 radical (unpaired) electrons. The second kappa shape index (κ2) is 5.37. The molecule has 0 aromatic heterocycles. The Hall–Kier alpha value is -0.0800. The summed E-state index contributed by atoms with van der Waals surface area (Å²) in [5.41, 5.74) is 0.619. The zero-order chi connectivity index (χ0) is 13.5. The Balaban J connectivity index is 1.69. The molecule has 2 heteroatoms. The second-order valence-corrected chi connectivity index (χ2v) is 8.05. The van der Waals surface area contributed by atoms with Crippen molar-refractivity contribution in [2.45, 2.75) is 71.4 Å². The van der Waals surface area contributed by atoms with E-state index in [4.69, 9.17) is 0 Å². The molecule has 0 aromatic rings. The molecule has 0 bridgehead atoms. The fourth-order valence-corrected chi connectivity index (χ4v) is 4.80. The predicted octanol–water partition coefficient (Wildman–Crippen LogP) is 3.37. The highest BCUT2D eigenvalue weighted by molar-refractivity contribution is 4.96. The average molecular weight is 264 g/mol. The first-order valence-corrected chi connectivity index (χ1v) is 8.55. The molecular weight excluding hydrogens is 232 g/mol. The zero-order valence-electron chi connectivity index (χ0n) is 13.2. The van der Waals surface area contributed by atoms with Crippen LogP contribution in [0.25, 0.3) is 0 Å². The van der Waals surface area contributed by atoms with E-state index in [0.717, 1.165) is 18.0 Å². The van der Waals surface area contributed by atoms with E-state index in [1.165, 1.54) is 64.7 Å². The normalized spacial score (nSPS) is 36.0. The number of hydrogen-bond acceptors (Lipinski definition) is 2. The summed E-state index contributed by atoms with van der Waals surface area (Å²) in [5.74, 6) is 0.798. The third-order valence-corrected chi connectivity index (χ3v) is 6.00. The lowest BCUT2D eigenvalue weighted by Gasteiger charge is -2.48. The number of hydrogen-bond donors (Lipinski definition) is 0. The Morgan fingerprint density at radius 3 is 2.53 bits per heavy atom. The van der Waals surface area contributed by atoms with E-state index >= 15 is 0 Å². The summed E-state index contributed by atoms with van der Waals surface area (Å²) in [4.78, 5) is 5.65. The minimum Gasteiger partial charge on any atom is -0.298 e. The molecule has 2 atom stereocenters. The van der Waals surface area contributed by atoms with Gasteiger partial charge in [-0.2, -0.15) is 0 Å². The van der Waals surface area contributed by atoms with Gasteiger partial charge in [-0.25, -0.2) is 0 Å². The summed E-state index contributed by atoms with van der Waals surface area (Å²) in [6.07, 6.45) is 8.72. The zero-order valence-corrected chi connectivity index (χ0v) is 13.2. The van der Waals surface area contributed by atoms with Crippen LogP contribution in [0.2, 0.25) is 0 Å². The lowest BCUT2D eigenvalue weighted by atomic mass is 9.86. The Kier molecular flexibility index (Phi) is 3.92. The van der Waals surface area contributed by atoms with Gasteiger partial charge in [-0.15, -0.1) is 0 Å². The van der Waals surface area contributed by atoms with Gasteiger partial charge in [0.1, 0.15) is 0 Å². The smallest absolute Gasteiger partial charge is 0.0247 e. The fraction of sp³-hybridized carbons (Fsp3) is 1.00. The monoisotopic (exact) mass is 264 g/mol. The summed E-state index contributed by atoms with van der Waals surface area (Å²) in [5, 5.41) is 0. The van der Waals surface area contributed by atoms with Crippen LogP contribution in [-0.4, -0.2) is 48.1 Å². The van der Waals surface area contributed by atoms with Crippen molar-refractivity contribution in [2.24, 2.45) is 11.3 Å². The van der Waals surface area contributed by atoms with Crippen molar-refractivity contribution >= 4 is 0 Å². The van der Waals surface area contributed by atoms with Gasteiger partial charge in [-0.3, -0.25) is 9.80 Å². The van der Waals surface area contributed by atoms with Crippen LogP contribution >= 0.6 is 0 Å². The van der Waals surface area contributed by atoms with Gasteiger partial charge < -0.3 is 0 Å². The maximum absolute atomic E-state index is 2.88. The minimum atomic E-state index is 0.619. The lowest BCUT2D eigenvalue weighted by Crippen LogP contribution is -2.59. The molecule has 2 nitrogen and oxygen atoms in total. The summed E-state index contributed by atoms with van der Waals surface area (Å²) in [6, 6.07) is 1.67. The molecule has 0 aromatic carbocycles. The van der Waals surface area contributed by atoms with Crippen molar-refractivity contribution in [2.75, 3.05) is 26.2 Å². The largest absolute Gasteiger partial charge is 0.298 e.